The first kappa shape index (κ1) is 9.26. The summed E-state index contributed by atoms with van der Waals surface area (Å²) < 4.78 is 0. The fraction of sp³-hybridized carbons (Fsp3) is 0.500. The van der Waals surface area contributed by atoms with Crippen LogP contribution in [0.4, 0.5) is 5.82 Å². The van der Waals surface area contributed by atoms with Gasteiger partial charge >= 0.3 is 0 Å². The average molecular weight is 186 g/mol. The van der Waals surface area contributed by atoms with Crippen molar-refractivity contribution in [1.82, 2.24) is 9.97 Å². The van der Waals surface area contributed by atoms with Crippen molar-refractivity contribution >= 4 is 17.4 Å². The summed E-state index contributed by atoms with van der Waals surface area (Å²) in [5, 5.41) is 3.15. The van der Waals surface area contributed by atoms with E-state index < -0.39 is 0 Å². The van der Waals surface area contributed by atoms with Crippen molar-refractivity contribution in [3.63, 3.8) is 0 Å². The first-order valence-electron chi connectivity index (χ1n) is 3.84. The van der Waals surface area contributed by atoms with Crippen LogP contribution >= 0.6 is 11.6 Å². The number of nitrogens with zero attached hydrogens (tertiary/aromatic N) is 2. The second-order valence-corrected chi connectivity index (χ2v) is 3.00. The molecule has 0 radical (unpaired) electrons. The van der Waals surface area contributed by atoms with E-state index in [9.17, 15) is 0 Å². The molecule has 0 spiro atoms. The second-order valence-electron chi connectivity index (χ2n) is 2.69. The second kappa shape index (κ2) is 4.26. The van der Waals surface area contributed by atoms with E-state index in [1.165, 1.54) is 0 Å². The van der Waals surface area contributed by atoms with Gasteiger partial charge in [-0.05, 0) is 19.9 Å². The Balaban J connectivity index is 2.63. The Morgan fingerprint density at radius 1 is 1.67 bits per heavy atom. The van der Waals surface area contributed by atoms with Gasteiger partial charge < -0.3 is 5.32 Å². The van der Waals surface area contributed by atoms with Gasteiger partial charge in [-0.15, -0.1) is 11.6 Å². The number of alkyl halides is 1. The molecule has 1 N–H and O–H groups in total. The molecule has 3 nitrogen and oxygen atoms in total. The fourth-order valence-corrected chi connectivity index (χ4v) is 0.905. The molecule has 1 heterocycles. The van der Waals surface area contributed by atoms with Crippen molar-refractivity contribution in [2.24, 2.45) is 0 Å². The van der Waals surface area contributed by atoms with Crippen molar-refractivity contribution < 1.29 is 0 Å². The number of aromatic nitrogens is 2. The number of aryl methyl sites for hydroxylation is 1. The van der Waals surface area contributed by atoms with E-state index in [0.717, 1.165) is 11.6 Å². The number of halogens is 1. The third kappa shape index (κ3) is 2.66. The predicted octanol–water partition coefficient (Wildman–Crippen LogP) is 1.82. The van der Waals surface area contributed by atoms with Crippen LogP contribution in [-0.2, 0) is 0 Å². The van der Waals surface area contributed by atoms with Crippen LogP contribution in [0, 0.1) is 6.92 Å². The van der Waals surface area contributed by atoms with Crippen molar-refractivity contribution in [2.45, 2.75) is 19.9 Å². The van der Waals surface area contributed by atoms with Crippen LogP contribution in [0.15, 0.2) is 12.3 Å². The quantitative estimate of drug-likeness (QED) is 0.731. The van der Waals surface area contributed by atoms with Gasteiger partial charge in [0, 0.05) is 18.1 Å². The molecule has 66 valence electrons. The first-order valence-corrected chi connectivity index (χ1v) is 4.38. The van der Waals surface area contributed by atoms with E-state index in [0.29, 0.717) is 5.88 Å². The van der Waals surface area contributed by atoms with Gasteiger partial charge in [0.25, 0.3) is 0 Å². The zero-order valence-corrected chi connectivity index (χ0v) is 7.97. The molecule has 0 aliphatic carbocycles. The van der Waals surface area contributed by atoms with Gasteiger partial charge in [-0.1, -0.05) is 0 Å². The molecule has 0 aliphatic rings. The van der Waals surface area contributed by atoms with E-state index in [1.807, 2.05) is 19.9 Å². The molecule has 1 aromatic rings. The third-order valence-electron chi connectivity index (χ3n) is 1.40. The van der Waals surface area contributed by atoms with Crippen LogP contribution < -0.4 is 5.32 Å². The smallest absolute Gasteiger partial charge is 0.129 e. The summed E-state index contributed by atoms with van der Waals surface area (Å²) in [6.07, 6.45) is 1.73. The highest BCUT2D eigenvalue weighted by atomic mass is 35.5. The normalized spacial score (nSPS) is 12.6. The third-order valence-corrected chi connectivity index (χ3v) is 1.86. The lowest BCUT2D eigenvalue weighted by molar-refractivity contribution is 0.888. The van der Waals surface area contributed by atoms with Gasteiger partial charge in [-0.3, -0.25) is 0 Å². The highest BCUT2D eigenvalue weighted by Gasteiger charge is 2.00. The molecule has 12 heavy (non-hydrogen) atoms. The van der Waals surface area contributed by atoms with E-state index in [4.69, 9.17) is 11.6 Å². The van der Waals surface area contributed by atoms with Gasteiger partial charge in [0.05, 0.1) is 0 Å². The molecule has 1 aromatic heterocycles. The van der Waals surface area contributed by atoms with Crippen LogP contribution in [0.3, 0.4) is 0 Å². The molecule has 0 fully saturated rings. The van der Waals surface area contributed by atoms with Crippen molar-refractivity contribution in [2.75, 3.05) is 11.2 Å². The van der Waals surface area contributed by atoms with Crippen LogP contribution in [0.5, 0.6) is 0 Å². The molecule has 1 unspecified atom stereocenters. The number of nitrogens with one attached hydrogen (secondary N) is 1. The summed E-state index contributed by atoms with van der Waals surface area (Å²) in [5.41, 5.74) is 0. The number of anilines is 1. The summed E-state index contributed by atoms with van der Waals surface area (Å²) in [7, 11) is 0. The van der Waals surface area contributed by atoms with Crippen molar-refractivity contribution in [3.8, 4) is 0 Å². The van der Waals surface area contributed by atoms with Crippen molar-refractivity contribution in [1.29, 1.82) is 0 Å². The van der Waals surface area contributed by atoms with Gasteiger partial charge in [-0.2, -0.15) is 0 Å². The molecule has 1 atom stereocenters. The molecule has 0 saturated heterocycles. The van der Waals surface area contributed by atoms with E-state index in [-0.39, 0.29) is 6.04 Å². The monoisotopic (exact) mass is 185 g/mol. The Morgan fingerprint density at radius 3 is 3.00 bits per heavy atom. The van der Waals surface area contributed by atoms with Crippen molar-refractivity contribution in [3.05, 3.63) is 18.1 Å². The van der Waals surface area contributed by atoms with Gasteiger partial charge in [0.15, 0.2) is 0 Å². The fourth-order valence-electron chi connectivity index (χ4n) is 0.828. The van der Waals surface area contributed by atoms with Gasteiger partial charge in [0.2, 0.25) is 0 Å². The Morgan fingerprint density at radius 2 is 2.42 bits per heavy atom. The lowest BCUT2D eigenvalue weighted by atomic mass is 10.4. The molecular formula is C8H12ClN3. The highest BCUT2D eigenvalue weighted by molar-refractivity contribution is 6.18. The first-order chi connectivity index (χ1) is 5.72. The molecule has 0 saturated carbocycles. The maximum absolute atomic E-state index is 5.64. The summed E-state index contributed by atoms with van der Waals surface area (Å²) in [6.45, 7) is 3.86. The number of hydrogen-bond donors (Lipinski definition) is 1. The Bertz CT molecular complexity index is 252. The summed E-state index contributed by atoms with van der Waals surface area (Å²) >= 11 is 5.64. The SMILES string of the molecule is Cc1nccc(NC(C)CCl)n1. The molecule has 4 heteroatoms. The zero-order valence-electron chi connectivity index (χ0n) is 7.21. The Labute approximate surface area is 77.2 Å². The summed E-state index contributed by atoms with van der Waals surface area (Å²) in [5.74, 6) is 2.17. The zero-order chi connectivity index (χ0) is 8.97. The van der Waals surface area contributed by atoms with Crippen LogP contribution in [-0.4, -0.2) is 21.9 Å². The van der Waals surface area contributed by atoms with Gasteiger partial charge in [0.1, 0.15) is 11.6 Å². The minimum Gasteiger partial charge on any atom is -0.366 e. The van der Waals surface area contributed by atoms with Crippen LogP contribution in [0.2, 0.25) is 0 Å². The Hall–Kier alpha value is -0.830. The Kier molecular flexibility index (Phi) is 3.29. The molecule has 0 bridgehead atoms. The van der Waals surface area contributed by atoms with Crippen LogP contribution in [0.25, 0.3) is 0 Å². The summed E-state index contributed by atoms with van der Waals surface area (Å²) in [6, 6.07) is 2.07. The lowest BCUT2D eigenvalue weighted by Gasteiger charge is -2.10. The highest BCUT2D eigenvalue weighted by Crippen LogP contribution is 2.03. The minimum absolute atomic E-state index is 0.237. The molecule has 0 aliphatic heterocycles. The molecule has 0 aromatic carbocycles. The lowest BCUT2D eigenvalue weighted by Crippen LogP contribution is -2.17. The summed E-state index contributed by atoms with van der Waals surface area (Å²) in [4.78, 5) is 8.17. The minimum atomic E-state index is 0.237. The maximum atomic E-state index is 5.64. The van der Waals surface area contributed by atoms with E-state index >= 15 is 0 Å². The number of rotatable bonds is 3. The average Bonchev–Trinajstić information content (AvgIpc) is 2.04. The standard InChI is InChI=1S/C8H12ClN3/c1-6(5-9)11-8-3-4-10-7(2)12-8/h3-4,6H,5H2,1-2H3,(H,10,11,12). The van der Waals surface area contributed by atoms with E-state index in [1.54, 1.807) is 6.20 Å². The molecular weight excluding hydrogens is 174 g/mol. The predicted molar refractivity (Wildman–Crippen MR) is 50.6 cm³/mol. The molecule has 1 rings (SSSR count). The largest absolute Gasteiger partial charge is 0.366 e. The number of hydrogen-bond acceptors (Lipinski definition) is 3. The van der Waals surface area contributed by atoms with Gasteiger partial charge in [-0.25, -0.2) is 9.97 Å². The maximum Gasteiger partial charge on any atom is 0.129 e. The topological polar surface area (TPSA) is 37.8 Å². The van der Waals surface area contributed by atoms with Crippen LogP contribution in [0.1, 0.15) is 12.7 Å². The molecule has 0 amide bonds. The van der Waals surface area contributed by atoms with E-state index in [2.05, 4.69) is 15.3 Å².